The van der Waals surface area contributed by atoms with Crippen LogP contribution in [-0.2, 0) is 16.4 Å². The average molecular weight is 267 g/mol. The highest BCUT2D eigenvalue weighted by Gasteiger charge is 2.28. The Morgan fingerprint density at radius 3 is 2.83 bits per heavy atom. The lowest BCUT2D eigenvalue weighted by atomic mass is 10.1. The molecule has 0 fully saturated rings. The van der Waals surface area contributed by atoms with Crippen LogP contribution in [-0.4, -0.2) is 31.8 Å². The number of carbonyl (C=O) groups is 1. The van der Waals surface area contributed by atoms with Crippen LogP contribution in [0.5, 0.6) is 0 Å². The highest BCUT2D eigenvalue weighted by Crippen LogP contribution is 2.31. The van der Waals surface area contributed by atoms with Gasteiger partial charge in [0, 0.05) is 6.54 Å². The normalized spacial score (nSPS) is 14.3. The van der Waals surface area contributed by atoms with Crippen LogP contribution >= 0.6 is 0 Å². The molecule has 0 amide bonds. The third kappa shape index (κ3) is 2.11. The molecule has 0 saturated carbocycles. The Bertz CT molecular complexity index is 607. The van der Waals surface area contributed by atoms with E-state index in [0.29, 0.717) is 18.7 Å². The molecule has 6 heteroatoms. The van der Waals surface area contributed by atoms with E-state index in [2.05, 4.69) is 6.58 Å². The number of aromatic carboxylic acids is 1. The van der Waals surface area contributed by atoms with Gasteiger partial charge in [-0.2, -0.15) is 0 Å². The molecule has 0 saturated heterocycles. The lowest BCUT2D eigenvalue weighted by Crippen LogP contribution is -2.30. The number of nitrogens with zero attached hydrogens (tertiary/aromatic N) is 1. The second kappa shape index (κ2) is 4.45. The first kappa shape index (κ1) is 12.6. The van der Waals surface area contributed by atoms with Crippen LogP contribution in [0.25, 0.3) is 0 Å². The lowest BCUT2D eigenvalue weighted by Gasteiger charge is -2.18. The summed E-state index contributed by atoms with van der Waals surface area (Å²) in [7, 11) is -3.39. The topological polar surface area (TPSA) is 74.7 Å². The Hall–Kier alpha value is -1.82. The van der Waals surface area contributed by atoms with Crippen molar-refractivity contribution >= 4 is 21.7 Å². The molecule has 18 heavy (non-hydrogen) atoms. The zero-order valence-corrected chi connectivity index (χ0v) is 10.5. The van der Waals surface area contributed by atoms with Crippen LogP contribution in [0.15, 0.2) is 30.9 Å². The third-order valence-electron chi connectivity index (χ3n) is 2.84. The first-order valence-corrected chi connectivity index (χ1v) is 7.04. The van der Waals surface area contributed by atoms with Crippen molar-refractivity contribution in [3.63, 3.8) is 0 Å². The molecule has 0 aromatic heterocycles. The van der Waals surface area contributed by atoms with Gasteiger partial charge in [0.15, 0.2) is 0 Å². The second-order valence-corrected chi connectivity index (χ2v) is 5.98. The number of carboxylic acid groups (broad SMARTS) is 1. The minimum absolute atomic E-state index is 0.118. The fraction of sp³-hybridized carbons (Fsp3) is 0.250. The zero-order chi connectivity index (χ0) is 13.3. The predicted octanol–water partition coefficient (Wildman–Crippen LogP) is 1.26. The smallest absolute Gasteiger partial charge is 0.335 e. The molecule has 1 N–H and O–H groups in total. The van der Waals surface area contributed by atoms with E-state index in [1.54, 1.807) is 6.07 Å². The van der Waals surface area contributed by atoms with Gasteiger partial charge in [0.2, 0.25) is 10.0 Å². The number of hydrogen-bond acceptors (Lipinski definition) is 3. The minimum atomic E-state index is -3.39. The average Bonchev–Trinajstić information content (AvgIpc) is 2.71. The summed E-state index contributed by atoms with van der Waals surface area (Å²) in [6.07, 6.45) is 1.88. The van der Waals surface area contributed by atoms with Crippen LogP contribution in [0.2, 0.25) is 0 Å². The van der Waals surface area contributed by atoms with Gasteiger partial charge in [-0.1, -0.05) is 6.08 Å². The molecule has 0 unspecified atom stereocenters. The van der Waals surface area contributed by atoms with E-state index in [9.17, 15) is 13.2 Å². The molecule has 96 valence electrons. The monoisotopic (exact) mass is 267 g/mol. The van der Waals surface area contributed by atoms with Crippen molar-refractivity contribution < 1.29 is 18.3 Å². The Morgan fingerprint density at radius 1 is 1.50 bits per heavy atom. The SMILES string of the molecule is C=CCS(=O)(=O)N1CCc2cc(C(=O)O)ccc21. The number of sulfonamides is 1. The van der Waals surface area contributed by atoms with Gasteiger partial charge in [-0.05, 0) is 30.2 Å². The van der Waals surface area contributed by atoms with E-state index in [1.807, 2.05) is 0 Å². The van der Waals surface area contributed by atoms with Crippen LogP contribution in [0.3, 0.4) is 0 Å². The van der Waals surface area contributed by atoms with Crippen LogP contribution in [0.4, 0.5) is 5.69 Å². The Balaban J connectivity index is 2.41. The summed E-state index contributed by atoms with van der Waals surface area (Å²) in [5.74, 6) is -1.13. The molecule has 0 radical (unpaired) electrons. The number of benzene rings is 1. The fourth-order valence-corrected chi connectivity index (χ4v) is 3.36. The molecule has 0 bridgehead atoms. The van der Waals surface area contributed by atoms with Gasteiger partial charge < -0.3 is 5.11 Å². The van der Waals surface area contributed by atoms with E-state index in [-0.39, 0.29) is 11.3 Å². The summed E-state index contributed by atoms with van der Waals surface area (Å²) < 4.78 is 25.2. The highest BCUT2D eigenvalue weighted by molar-refractivity contribution is 7.92. The van der Waals surface area contributed by atoms with Gasteiger partial charge in [0.1, 0.15) is 0 Å². The Morgan fingerprint density at radius 2 is 2.22 bits per heavy atom. The van der Waals surface area contributed by atoms with Gasteiger partial charge in [-0.3, -0.25) is 4.31 Å². The number of anilines is 1. The first-order valence-electron chi connectivity index (χ1n) is 5.43. The van der Waals surface area contributed by atoms with Crippen molar-refractivity contribution in [1.82, 2.24) is 0 Å². The molecule has 0 aliphatic carbocycles. The van der Waals surface area contributed by atoms with Crippen molar-refractivity contribution in [2.45, 2.75) is 6.42 Å². The summed E-state index contributed by atoms with van der Waals surface area (Å²) in [4.78, 5) is 10.8. The molecule has 0 atom stereocenters. The third-order valence-corrected chi connectivity index (χ3v) is 4.55. The fourth-order valence-electron chi connectivity index (χ4n) is 2.03. The maximum atomic E-state index is 12.0. The van der Waals surface area contributed by atoms with Crippen LogP contribution < -0.4 is 4.31 Å². The maximum Gasteiger partial charge on any atom is 0.335 e. The number of hydrogen-bond donors (Lipinski definition) is 1. The molecular weight excluding hydrogens is 254 g/mol. The Kier molecular flexibility index (Phi) is 3.13. The quantitative estimate of drug-likeness (QED) is 0.833. The van der Waals surface area contributed by atoms with Crippen molar-refractivity contribution in [3.8, 4) is 0 Å². The summed E-state index contributed by atoms with van der Waals surface area (Å²) in [6, 6.07) is 4.50. The molecule has 1 heterocycles. The molecule has 0 spiro atoms. The lowest BCUT2D eigenvalue weighted by molar-refractivity contribution is 0.0697. The number of rotatable bonds is 4. The summed E-state index contributed by atoms with van der Waals surface area (Å²) in [6.45, 7) is 3.78. The molecule has 1 aliphatic rings. The van der Waals surface area contributed by atoms with E-state index in [4.69, 9.17) is 5.11 Å². The van der Waals surface area contributed by atoms with Crippen LogP contribution in [0, 0.1) is 0 Å². The zero-order valence-electron chi connectivity index (χ0n) is 9.67. The van der Waals surface area contributed by atoms with Crippen molar-refractivity contribution in [3.05, 3.63) is 42.0 Å². The van der Waals surface area contributed by atoms with E-state index in [0.717, 1.165) is 5.56 Å². The summed E-state index contributed by atoms with van der Waals surface area (Å²) in [5, 5.41) is 8.88. The number of carboxylic acids is 1. The van der Waals surface area contributed by atoms with E-state index >= 15 is 0 Å². The van der Waals surface area contributed by atoms with Gasteiger partial charge in [-0.25, -0.2) is 13.2 Å². The van der Waals surface area contributed by atoms with Gasteiger partial charge in [0.25, 0.3) is 0 Å². The minimum Gasteiger partial charge on any atom is -0.478 e. The highest BCUT2D eigenvalue weighted by atomic mass is 32.2. The van der Waals surface area contributed by atoms with Gasteiger partial charge in [0.05, 0.1) is 17.0 Å². The van der Waals surface area contributed by atoms with Crippen molar-refractivity contribution in [1.29, 1.82) is 0 Å². The number of fused-ring (bicyclic) bond motifs is 1. The molecule has 5 nitrogen and oxygen atoms in total. The van der Waals surface area contributed by atoms with Gasteiger partial charge >= 0.3 is 5.97 Å². The largest absolute Gasteiger partial charge is 0.478 e. The van der Waals surface area contributed by atoms with Crippen LogP contribution in [0.1, 0.15) is 15.9 Å². The molecule has 1 aromatic rings. The summed E-state index contributed by atoms with van der Waals surface area (Å²) >= 11 is 0. The second-order valence-electron chi connectivity index (χ2n) is 4.04. The molecule has 1 aliphatic heterocycles. The Labute approximate surface area is 105 Å². The van der Waals surface area contributed by atoms with Crippen molar-refractivity contribution in [2.75, 3.05) is 16.6 Å². The van der Waals surface area contributed by atoms with Crippen molar-refractivity contribution in [2.24, 2.45) is 0 Å². The summed E-state index contributed by atoms with van der Waals surface area (Å²) in [5.41, 5.74) is 1.50. The maximum absolute atomic E-state index is 12.0. The molecule has 2 rings (SSSR count). The predicted molar refractivity (Wildman–Crippen MR) is 68.4 cm³/mol. The van der Waals surface area contributed by atoms with Gasteiger partial charge in [-0.15, -0.1) is 6.58 Å². The molecular formula is C12H13NO4S. The molecule has 1 aromatic carbocycles. The standard InChI is InChI=1S/C12H13NO4S/c1-2-7-18(16,17)13-6-5-9-8-10(12(14)15)3-4-11(9)13/h2-4,8H,1,5-7H2,(H,14,15). The first-order chi connectivity index (χ1) is 8.45. The van der Waals surface area contributed by atoms with E-state index < -0.39 is 16.0 Å². The van der Waals surface area contributed by atoms with E-state index in [1.165, 1.54) is 22.5 Å².